The molecule has 3 unspecified atom stereocenters. The molecular formula is C16H20N2O4. The maximum Gasteiger partial charge on any atom is 0.309 e. The predicted molar refractivity (Wildman–Crippen MR) is 78.4 cm³/mol. The first-order chi connectivity index (χ1) is 10.6. The Balaban J connectivity index is 1.67. The van der Waals surface area contributed by atoms with Gasteiger partial charge in [-0.15, -0.1) is 0 Å². The zero-order valence-electron chi connectivity index (χ0n) is 12.3. The summed E-state index contributed by atoms with van der Waals surface area (Å²) in [6.45, 7) is 1.10. The Morgan fingerprint density at radius 2 is 2.14 bits per heavy atom. The Kier molecular flexibility index (Phi) is 4.40. The molecular weight excluding hydrogens is 284 g/mol. The van der Waals surface area contributed by atoms with Gasteiger partial charge in [0, 0.05) is 0 Å². The van der Waals surface area contributed by atoms with Gasteiger partial charge in [-0.3, -0.25) is 14.5 Å². The molecule has 2 saturated heterocycles. The third-order valence-electron chi connectivity index (χ3n) is 4.24. The molecule has 6 nitrogen and oxygen atoms in total. The fraction of sp³-hybridized carbons (Fsp3) is 0.500. The molecule has 2 aliphatic heterocycles. The van der Waals surface area contributed by atoms with Crippen LogP contribution in [0.3, 0.4) is 0 Å². The van der Waals surface area contributed by atoms with Gasteiger partial charge < -0.3 is 15.2 Å². The molecule has 3 rings (SSSR count). The van der Waals surface area contributed by atoms with E-state index in [9.17, 15) is 9.59 Å². The molecule has 0 spiro atoms. The van der Waals surface area contributed by atoms with Crippen molar-refractivity contribution in [2.24, 2.45) is 5.73 Å². The molecule has 22 heavy (non-hydrogen) atoms. The highest BCUT2D eigenvalue weighted by atomic mass is 16.7. The number of esters is 1. The van der Waals surface area contributed by atoms with Gasteiger partial charge in [-0.05, 0) is 24.9 Å². The fourth-order valence-corrected chi connectivity index (χ4v) is 3.19. The van der Waals surface area contributed by atoms with Crippen LogP contribution in [0, 0.1) is 0 Å². The third kappa shape index (κ3) is 3.13. The summed E-state index contributed by atoms with van der Waals surface area (Å²) in [5.41, 5.74) is 6.46. The minimum atomic E-state index is -0.646. The number of hydrogen-bond acceptors (Lipinski definition) is 5. The first-order valence-corrected chi connectivity index (χ1v) is 7.55. The normalized spacial score (nSPS) is 28.7. The number of carbonyl (C=O) groups is 2. The molecule has 0 aromatic heterocycles. The number of primary amides is 1. The van der Waals surface area contributed by atoms with Crippen molar-refractivity contribution in [3.8, 4) is 0 Å². The number of rotatable bonds is 5. The summed E-state index contributed by atoms with van der Waals surface area (Å²) in [7, 11) is 0. The summed E-state index contributed by atoms with van der Waals surface area (Å²) in [6, 6.07) is 9.13. The van der Waals surface area contributed by atoms with E-state index in [4.69, 9.17) is 15.2 Å². The quantitative estimate of drug-likeness (QED) is 0.814. The van der Waals surface area contributed by atoms with Crippen molar-refractivity contribution in [3.05, 3.63) is 35.9 Å². The van der Waals surface area contributed by atoms with Crippen molar-refractivity contribution in [2.75, 3.05) is 6.54 Å². The number of likely N-dealkylation sites (tertiary alicyclic amines) is 1. The lowest BCUT2D eigenvalue weighted by Crippen LogP contribution is -2.49. The van der Waals surface area contributed by atoms with Gasteiger partial charge in [-0.1, -0.05) is 30.3 Å². The summed E-state index contributed by atoms with van der Waals surface area (Å²) >= 11 is 0. The standard InChI is InChI=1S/C16H20N2O4/c17-15(20)12-7-4-8-18(12)13-9-14(19)22-16(13)21-10-11-5-2-1-3-6-11/h1-3,5-6,12-13,16H,4,7-10H2,(H2,17,20). The maximum atomic E-state index is 11.7. The molecule has 2 aliphatic rings. The zero-order chi connectivity index (χ0) is 15.5. The van der Waals surface area contributed by atoms with Gasteiger partial charge in [0.2, 0.25) is 12.2 Å². The molecule has 3 atom stereocenters. The number of amides is 1. The van der Waals surface area contributed by atoms with E-state index in [0.29, 0.717) is 6.61 Å². The van der Waals surface area contributed by atoms with Crippen molar-refractivity contribution in [1.82, 2.24) is 4.90 Å². The van der Waals surface area contributed by atoms with Gasteiger partial charge in [0.1, 0.15) is 0 Å². The average molecular weight is 304 g/mol. The molecule has 2 N–H and O–H groups in total. The number of cyclic esters (lactones) is 1. The van der Waals surface area contributed by atoms with E-state index >= 15 is 0 Å². The number of nitrogens with two attached hydrogens (primary N) is 1. The maximum absolute atomic E-state index is 11.7. The summed E-state index contributed by atoms with van der Waals surface area (Å²) in [6.07, 6.45) is 1.21. The number of ether oxygens (including phenoxy) is 2. The van der Waals surface area contributed by atoms with Gasteiger partial charge in [-0.25, -0.2) is 0 Å². The van der Waals surface area contributed by atoms with Crippen molar-refractivity contribution in [1.29, 1.82) is 0 Å². The molecule has 6 heteroatoms. The van der Waals surface area contributed by atoms with E-state index in [0.717, 1.165) is 24.9 Å². The van der Waals surface area contributed by atoms with Crippen LogP contribution < -0.4 is 5.73 Å². The monoisotopic (exact) mass is 304 g/mol. The van der Waals surface area contributed by atoms with Gasteiger partial charge in [-0.2, -0.15) is 0 Å². The smallest absolute Gasteiger partial charge is 0.309 e. The van der Waals surface area contributed by atoms with Crippen LogP contribution in [-0.2, 0) is 25.7 Å². The second-order valence-electron chi connectivity index (χ2n) is 5.72. The lowest BCUT2D eigenvalue weighted by molar-refractivity contribution is -0.172. The molecule has 1 aromatic rings. The van der Waals surface area contributed by atoms with Crippen LogP contribution in [0.5, 0.6) is 0 Å². The lowest BCUT2D eigenvalue weighted by Gasteiger charge is -2.30. The number of hydrogen-bond donors (Lipinski definition) is 1. The molecule has 2 heterocycles. The topological polar surface area (TPSA) is 81.9 Å². The van der Waals surface area contributed by atoms with E-state index in [1.165, 1.54) is 0 Å². The van der Waals surface area contributed by atoms with E-state index < -0.39 is 6.29 Å². The SMILES string of the molecule is NC(=O)C1CCCN1C1CC(=O)OC1OCc1ccccc1. The Hall–Kier alpha value is -1.92. The first kappa shape index (κ1) is 15.0. The second kappa shape index (κ2) is 6.46. The predicted octanol–water partition coefficient (Wildman–Crippen LogP) is 0.795. The molecule has 118 valence electrons. The molecule has 1 amide bonds. The minimum Gasteiger partial charge on any atom is -0.434 e. The van der Waals surface area contributed by atoms with Gasteiger partial charge >= 0.3 is 5.97 Å². The largest absolute Gasteiger partial charge is 0.434 e. The third-order valence-corrected chi connectivity index (χ3v) is 4.24. The Morgan fingerprint density at radius 1 is 1.36 bits per heavy atom. The fourth-order valence-electron chi connectivity index (χ4n) is 3.19. The summed E-state index contributed by atoms with van der Waals surface area (Å²) < 4.78 is 11.1. The van der Waals surface area contributed by atoms with Gasteiger partial charge in [0.15, 0.2) is 0 Å². The van der Waals surface area contributed by atoms with Crippen molar-refractivity contribution < 1.29 is 19.1 Å². The van der Waals surface area contributed by atoms with Crippen LogP contribution in [0.4, 0.5) is 0 Å². The molecule has 0 radical (unpaired) electrons. The second-order valence-corrected chi connectivity index (χ2v) is 5.72. The first-order valence-electron chi connectivity index (χ1n) is 7.55. The van der Waals surface area contributed by atoms with E-state index in [1.807, 2.05) is 35.2 Å². The van der Waals surface area contributed by atoms with Gasteiger partial charge in [0.25, 0.3) is 0 Å². The van der Waals surface area contributed by atoms with Crippen LogP contribution in [-0.4, -0.2) is 41.7 Å². The highest BCUT2D eigenvalue weighted by Crippen LogP contribution is 2.29. The Morgan fingerprint density at radius 3 is 2.86 bits per heavy atom. The average Bonchev–Trinajstić information content (AvgIpc) is 3.12. The van der Waals surface area contributed by atoms with Crippen LogP contribution in [0.25, 0.3) is 0 Å². The Bertz CT molecular complexity index is 548. The Labute approximate surface area is 129 Å². The van der Waals surface area contributed by atoms with Crippen LogP contribution >= 0.6 is 0 Å². The van der Waals surface area contributed by atoms with Crippen LogP contribution in [0.1, 0.15) is 24.8 Å². The highest BCUT2D eigenvalue weighted by molar-refractivity contribution is 5.80. The van der Waals surface area contributed by atoms with Crippen LogP contribution in [0.2, 0.25) is 0 Å². The highest BCUT2D eigenvalue weighted by Gasteiger charge is 2.45. The van der Waals surface area contributed by atoms with Gasteiger partial charge in [0.05, 0.1) is 25.1 Å². The summed E-state index contributed by atoms with van der Waals surface area (Å²) in [4.78, 5) is 25.2. The van der Waals surface area contributed by atoms with E-state index in [-0.39, 0.29) is 30.4 Å². The summed E-state index contributed by atoms with van der Waals surface area (Å²) in [5.74, 6) is -0.642. The molecule has 0 bridgehead atoms. The molecule has 0 aliphatic carbocycles. The number of benzene rings is 1. The molecule has 1 aromatic carbocycles. The van der Waals surface area contributed by atoms with E-state index in [1.54, 1.807) is 0 Å². The van der Waals surface area contributed by atoms with Crippen molar-refractivity contribution in [3.63, 3.8) is 0 Å². The minimum absolute atomic E-state index is 0.239. The number of nitrogens with zero attached hydrogens (tertiary/aromatic N) is 1. The molecule has 0 saturated carbocycles. The van der Waals surface area contributed by atoms with Crippen molar-refractivity contribution in [2.45, 2.75) is 44.2 Å². The number of carbonyl (C=O) groups excluding carboxylic acids is 2. The zero-order valence-corrected chi connectivity index (χ0v) is 12.3. The van der Waals surface area contributed by atoms with E-state index in [2.05, 4.69) is 0 Å². The molecule has 2 fully saturated rings. The summed E-state index contributed by atoms with van der Waals surface area (Å²) in [5, 5.41) is 0. The lowest BCUT2D eigenvalue weighted by atomic mass is 10.1. The van der Waals surface area contributed by atoms with Crippen LogP contribution in [0.15, 0.2) is 30.3 Å². The van der Waals surface area contributed by atoms with Crippen molar-refractivity contribution >= 4 is 11.9 Å².